The van der Waals surface area contributed by atoms with Crippen molar-refractivity contribution in [2.75, 3.05) is 11.5 Å². The number of nitrogens with zero attached hydrogens (tertiary/aromatic N) is 2. The number of rotatable bonds is 7. The summed E-state index contributed by atoms with van der Waals surface area (Å²) < 4.78 is 2.17. The van der Waals surface area contributed by atoms with E-state index in [4.69, 9.17) is 5.73 Å². The van der Waals surface area contributed by atoms with Crippen LogP contribution in [0.1, 0.15) is 39.1 Å². The highest BCUT2D eigenvalue weighted by molar-refractivity contribution is 7.99. The fraction of sp³-hybridized carbons (Fsp3) is 0.750. The number of thioether (sulfide) groups is 1. The van der Waals surface area contributed by atoms with Gasteiger partial charge < -0.3 is 10.3 Å². The number of imidazole rings is 1. The third kappa shape index (κ3) is 4.18. The lowest BCUT2D eigenvalue weighted by Gasteiger charge is -2.14. The predicted molar refractivity (Wildman–Crippen MR) is 71.6 cm³/mol. The van der Waals surface area contributed by atoms with Crippen LogP contribution in [-0.2, 0) is 6.54 Å². The molecule has 1 aromatic rings. The van der Waals surface area contributed by atoms with Crippen LogP contribution in [0.3, 0.4) is 0 Å². The van der Waals surface area contributed by atoms with Crippen LogP contribution in [0.4, 0.5) is 0 Å². The lowest BCUT2D eigenvalue weighted by Crippen LogP contribution is -2.19. The van der Waals surface area contributed by atoms with Gasteiger partial charge >= 0.3 is 0 Å². The van der Waals surface area contributed by atoms with E-state index < -0.39 is 0 Å². The van der Waals surface area contributed by atoms with E-state index in [0.717, 1.165) is 30.5 Å². The Bertz CT molecular complexity index is 296. The summed E-state index contributed by atoms with van der Waals surface area (Å²) in [5.74, 6) is 3.88. The molecule has 1 rings (SSSR count). The zero-order chi connectivity index (χ0) is 12.0. The lowest BCUT2D eigenvalue weighted by molar-refractivity contribution is 0.603. The summed E-state index contributed by atoms with van der Waals surface area (Å²) in [6.07, 6.45) is 4.99. The SMILES string of the molecule is CCCn1ccnc1C(N)CSCC(C)C. The van der Waals surface area contributed by atoms with E-state index in [1.807, 2.05) is 24.2 Å². The zero-order valence-electron chi connectivity index (χ0n) is 10.5. The van der Waals surface area contributed by atoms with Crippen LogP contribution in [0.5, 0.6) is 0 Å². The van der Waals surface area contributed by atoms with Crippen LogP contribution in [0.2, 0.25) is 0 Å². The zero-order valence-corrected chi connectivity index (χ0v) is 11.3. The first-order chi connectivity index (χ1) is 7.65. The number of nitrogens with two attached hydrogens (primary N) is 1. The van der Waals surface area contributed by atoms with Gasteiger partial charge in [-0.15, -0.1) is 0 Å². The highest BCUT2D eigenvalue weighted by Crippen LogP contribution is 2.17. The molecule has 92 valence electrons. The maximum atomic E-state index is 6.15. The Balaban J connectivity index is 2.45. The normalized spacial score (nSPS) is 13.3. The third-order valence-electron chi connectivity index (χ3n) is 2.29. The Kier molecular flexibility index (Phi) is 5.91. The number of aromatic nitrogens is 2. The van der Waals surface area contributed by atoms with Crippen LogP contribution in [0, 0.1) is 5.92 Å². The van der Waals surface area contributed by atoms with Gasteiger partial charge in [-0.25, -0.2) is 4.98 Å². The lowest BCUT2D eigenvalue weighted by atomic mass is 10.3. The van der Waals surface area contributed by atoms with Crippen molar-refractivity contribution < 1.29 is 0 Å². The minimum absolute atomic E-state index is 0.0605. The first-order valence-electron chi connectivity index (χ1n) is 5.99. The molecular formula is C12H23N3S. The molecule has 2 N–H and O–H groups in total. The summed E-state index contributed by atoms with van der Waals surface area (Å²) >= 11 is 1.92. The molecule has 0 aliphatic rings. The summed E-state index contributed by atoms with van der Waals surface area (Å²) in [5, 5.41) is 0. The quantitative estimate of drug-likeness (QED) is 0.798. The Labute approximate surface area is 103 Å². The van der Waals surface area contributed by atoms with Gasteiger partial charge in [0.2, 0.25) is 0 Å². The summed E-state index contributed by atoms with van der Waals surface area (Å²) in [4.78, 5) is 4.36. The molecule has 0 saturated carbocycles. The van der Waals surface area contributed by atoms with Gasteiger partial charge in [-0.3, -0.25) is 0 Å². The maximum Gasteiger partial charge on any atom is 0.126 e. The fourth-order valence-electron chi connectivity index (χ4n) is 1.58. The van der Waals surface area contributed by atoms with Crippen molar-refractivity contribution in [1.29, 1.82) is 0 Å². The van der Waals surface area contributed by atoms with Crippen LogP contribution in [0.15, 0.2) is 12.4 Å². The van der Waals surface area contributed by atoms with Crippen molar-refractivity contribution in [2.45, 2.75) is 39.8 Å². The second-order valence-electron chi connectivity index (χ2n) is 4.52. The molecule has 0 radical (unpaired) electrons. The molecule has 1 atom stereocenters. The van der Waals surface area contributed by atoms with Crippen molar-refractivity contribution in [1.82, 2.24) is 9.55 Å². The standard InChI is InChI=1S/C12H23N3S/c1-4-6-15-7-5-14-12(15)11(13)9-16-8-10(2)3/h5,7,10-11H,4,6,8-9,13H2,1-3H3. The molecular weight excluding hydrogens is 218 g/mol. The Hall–Kier alpha value is -0.480. The number of hydrogen-bond donors (Lipinski definition) is 1. The second kappa shape index (κ2) is 6.97. The first-order valence-corrected chi connectivity index (χ1v) is 7.15. The summed E-state index contributed by atoms with van der Waals surface area (Å²) in [6, 6.07) is 0.0605. The Morgan fingerprint density at radius 1 is 1.44 bits per heavy atom. The highest BCUT2D eigenvalue weighted by atomic mass is 32.2. The van der Waals surface area contributed by atoms with Gasteiger partial charge in [0.15, 0.2) is 0 Å². The van der Waals surface area contributed by atoms with Crippen LogP contribution >= 0.6 is 11.8 Å². The topological polar surface area (TPSA) is 43.8 Å². The molecule has 0 bridgehead atoms. The smallest absolute Gasteiger partial charge is 0.126 e. The maximum absolute atomic E-state index is 6.15. The second-order valence-corrected chi connectivity index (χ2v) is 5.59. The van der Waals surface area contributed by atoms with Gasteiger partial charge in [-0.05, 0) is 18.1 Å². The van der Waals surface area contributed by atoms with Gasteiger partial charge in [0.1, 0.15) is 5.82 Å². The summed E-state index contributed by atoms with van der Waals surface area (Å²) in [5.41, 5.74) is 6.15. The number of aryl methyl sites for hydroxylation is 1. The summed E-state index contributed by atoms with van der Waals surface area (Å²) in [7, 11) is 0. The molecule has 0 saturated heterocycles. The van der Waals surface area contributed by atoms with Gasteiger partial charge in [0, 0.05) is 24.7 Å². The minimum Gasteiger partial charge on any atom is -0.334 e. The monoisotopic (exact) mass is 241 g/mol. The van der Waals surface area contributed by atoms with Crippen molar-refractivity contribution >= 4 is 11.8 Å². The first kappa shape index (κ1) is 13.6. The molecule has 4 heteroatoms. The highest BCUT2D eigenvalue weighted by Gasteiger charge is 2.12. The molecule has 0 aromatic carbocycles. The van der Waals surface area contributed by atoms with Gasteiger partial charge in [0.25, 0.3) is 0 Å². The molecule has 1 heterocycles. The van der Waals surface area contributed by atoms with Gasteiger partial charge in [0.05, 0.1) is 6.04 Å². The molecule has 1 aromatic heterocycles. The molecule has 0 aliphatic heterocycles. The minimum atomic E-state index is 0.0605. The molecule has 3 nitrogen and oxygen atoms in total. The average Bonchev–Trinajstić information content (AvgIpc) is 2.66. The van der Waals surface area contributed by atoms with Crippen molar-refractivity contribution in [3.63, 3.8) is 0 Å². The number of hydrogen-bond acceptors (Lipinski definition) is 3. The van der Waals surface area contributed by atoms with Crippen LogP contribution < -0.4 is 5.73 Å². The van der Waals surface area contributed by atoms with Gasteiger partial charge in [-0.2, -0.15) is 11.8 Å². The van der Waals surface area contributed by atoms with Crippen LogP contribution in [0.25, 0.3) is 0 Å². The van der Waals surface area contributed by atoms with Crippen molar-refractivity contribution in [3.8, 4) is 0 Å². The van der Waals surface area contributed by atoms with E-state index >= 15 is 0 Å². The molecule has 0 aliphatic carbocycles. The molecule has 1 unspecified atom stereocenters. The summed E-state index contributed by atoms with van der Waals surface area (Å²) in [6.45, 7) is 7.65. The van der Waals surface area contributed by atoms with Crippen LogP contribution in [-0.4, -0.2) is 21.1 Å². The third-order valence-corrected chi connectivity index (χ3v) is 3.79. The predicted octanol–water partition coefficient (Wildman–Crippen LogP) is 2.68. The van der Waals surface area contributed by atoms with E-state index in [0.29, 0.717) is 0 Å². The van der Waals surface area contributed by atoms with Gasteiger partial charge in [-0.1, -0.05) is 20.8 Å². The Morgan fingerprint density at radius 2 is 2.19 bits per heavy atom. The van der Waals surface area contributed by atoms with Crippen molar-refractivity contribution in [3.05, 3.63) is 18.2 Å². The van der Waals surface area contributed by atoms with E-state index in [-0.39, 0.29) is 6.04 Å². The van der Waals surface area contributed by atoms with E-state index in [1.54, 1.807) is 0 Å². The molecule has 16 heavy (non-hydrogen) atoms. The fourth-order valence-corrected chi connectivity index (χ4v) is 2.60. The van der Waals surface area contributed by atoms with E-state index in [9.17, 15) is 0 Å². The molecule has 0 amide bonds. The Morgan fingerprint density at radius 3 is 2.81 bits per heavy atom. The van der Waals surface area contributed by atoms with Crippen molar-refractivity contribution in [2.24, 2.45) is 11.7 Å². The average molecular weight is 241 g/mol. The molecule has 0 fully saturated rings. The molecule has 0 spiro atoms. The largest absolute Gasteiger partial charge is 0.334 e. The van der Waals surface area contributed by atoms with E-state index in [1.165, 1.54) is 5.75 Å². The van der Waals surface area contributed by atoms with E-state index in [2.05, 4.69) is 30.3 Å².